The van der Waals surface area contributed by atoms with Crippen molar-refractivity contribution in [1.82, 2.24) is 9.62 Å². The summed E-state index contributed by atoms with van der Waals surface area (Å²) < 4.78 is 27.2. The van der Waals surface area contributed by atoms with E-state index in [0.717, 1.165) is 32.1 Å². The fraction of sp³-hybridized carbons (Fsp3) is 0.611. The third-order valence-electron chi connectivity index (χ3n) is 5.39. The molecule has 1 unspecified atom stereocenters. The van der Waals surface area contributed by atoms with E-state index < -0.39 is 20.6 Å². The van der Waals surface area contributed by atoms with Crippen molar-refractivity contribution >= 4 is 21.6 Å². The van der Waals surface area contributed by atoms with Gasteiger partial charge in [-0.2, -0.15) is 4.31 Å². The van der Waals surface area contributed by atoms with Crippen molar-refractivity contribution in [2.75, 3.05) is 13.1 Å². The molecule has 1 saturated carbocycles. The lowest BCUT2D eigenvalue weighted by Crippen LogP contribution is -2.50. The Bertz CT molecular complexity index is 805. The molecule has 1 heterocycles. The van der Waals surface area contributed by atoms with Crippen molar-refractivity contribution in [3.05, 3.63) is 34.4 Å². The second kappa shape index (κ2) is 8.35. The zero-order chi connectivity index (χ0) is 19.4. The Morgan fingerprint density at radius 1 is 1.11 bits per heavy atom. The molecule has 2 fully saturated rings. The molecule has 1 atom stereocenters. The highest BCUT2D eigenvalue weighted by Gasteiger charge is 2.35. The van der Waals surface area contributed by atoms with Gasteiger partial charge in [0, 0.05) is 31.1 Å². The Morgan fingerprint density at radius 3 is 2.52 bits per heavy atom. The predicted octanol–water partition coefficient (Wildman–Crippen LogP) is 2.44. The van der Waals surface area contributed by atoms with E-state index >= 15 is 0 Å². The molecule has 1 N–H and O–H groups in total. The first-order chi connectivity index (χ1) is 12.9. The summed E-state index contributed by atoms with van der Waals surface area (Å²) in [5.74, 6) is 0.0191. The average Bonchev–Trinajstić information content (AvgIpc) is 2.69. The van der Waals surface area contributed by atoms with E-state index in [2.05, 4.69) is 5.32 Å². The maximum absolute atomic E-state index is 13.0. The minimum atomic E-state index is -3.99. The fourth-order valence-electron chi connectivity index (χ4n) is 3.93. The Balaban J connectivity index is 1.72. The van der Waals surface area contributed by atoms with E-state index in [0.29, 0.717) is 19.4 Å². The van der Waals surface area contributed by atoms with Crippen molar-refractivity contribution in [3.63, 3.8) is 0 Å². The van der Waals surface area contributed by atoms with Crippen molar-refractivity contribution in [2.24, 2.45) is 5.92 Å². The second-order valence-electron chi connectivity index (χ2n) is 7.27. The molecule has 0 spiro atoms. The van der Waals surface area contributed by atoms with Gasteiger partial charge in [-0.05, 0) is 31.7 Å². The van der Waals surface area contributed by atoms with E-state index in [-0.39, 0.29) is 29.3 Å². The highest BCUT2D eigenvalue weighted by Crippen LogP contribution is 2.29. The summed E-state index contributed by atoms with van der Waals surface area (Å²) in [5.41, 5.74) is -0.425. The van der Waals surface area contributed by atoms with Crippen molar-refractivity contribution in [2.45, 2.75) is 55.9 Å². The van der Waals surface area contributed by atoms with E-state index in [1.54, 1.807) is 0 Å². The van der Waals surface area contributed by atoms with Gasteiger partial charge in [-0.15, -0.1) is 0 Å². The number of hydrogen-bond acceptors (Lipinski definition) is 5. The predicted molar refractivity (Wildman–Crippen MR) is 99.6 cm³/mol. The van der Waals surface area contributed by atoms with Crippen LogP contribution < -0.4 is 5.32 Å². The van der Waals surface area contributed by atoms with Crippen LogP contribution in [0.4, 0.5) is 5.69 Å². The first-order valence-corrected chi connectivity index (χ1v) is 10.9. The van der Waals surface area contributed by atoms with Gasteiger partial charge in [0.05, 0.1) is 4.92 Å². The molecule has 27 heavy (non-hydrogen) atoms. The molecular weight excluding hydrogens is 370 g/mol. The van der Waals surface area contributed by atoms with E-state index in [1.807, 2.05) is 0 Å². The van der Waals surface area contributed by atoms with Crippen LogP contribution in [0.1, 0.15) is 44.9 Å². The molecule has 1 amide bonds. The Morgan fingerprint density at radius 2 is 1.81 bits per heavy atom. The van der Waals surface area contributed by atoms with Gasteiger partial charge in [0.2, 0.25) is 15.9 Å². The van der Waals surface area contributed by atoms with Crippen LogP contribution in [0.5, 0.6) is 0 Å². The smallest absolute Gasteiger partial charge is 0.289 e. The number of carbonyl (C=O) groups is 1. The topological polar surface area (TPSA) is 110 Å². The third kappa shape index (κ3) is 4.47. The van der Waals surface area contributed by atoms with E-state index in [1.165, 1.54) is 28.6 Å². The number of para-hydroxylation sites is 1. The summed E-state index contributed by atoms with van der Waals surface area (Å²) >= 11 is 0. The van der Waals surface area contributed by atoms with Gasteiger partial charge in [0.1, 0.15) is 0 Å². The number of nitro groups is 1. The molecule has 0 bridgehead atoms. The van der Waals surface area contributed by atoms with Crippen LogP contribution >= 0.6 is 0 Å². The summed E-state index contributed by atoms with van der Waals surface area (Å²) in [4.78, 5) is 22.7. The lowest BCUT2D eigenvalue weighted by Gasteiger charge is -2.33. The maximum atomic E-state index is 13.0. The van der Waals surface area contributed by atoms with Gasteiger partial charge >= 0.3 is 0 Å². The molecule has 3 rings (SSSR count). The number of sulfonamides is 1. The highest BCUT2D eigenvalue weighted by molar-refractivity contribution is 7.89. The number of nitro benzene ring substituents is 1. The highest BCUT2D eigenvalue weighted by atomic mass is 32.2. The van der Waals surface area contributed by atoms with Crippen LogP contribution in [0.25, 0.3) is 0 Å². The fourth-order valence-corrected chi connectivity index (χ4v) is 5.61. The summed E-state index contributed by atoms with van der Waals surface area (Å²) in [6.07, 6.45) is 6.36. The molecule has 0 radical (unpaired) electrons. The minimum Gasteiger partial charge on any atom is -0.352 e. The van der Waals surface area contributed by atoms with Crippen molar-refractivity contribution in [1.29, 1.82) is 0 Å². The molecule has 0 aromatic heterocycles. The average molecular weight is 395 g/mol. The number of carbonyl (C=O) groups excluding carboxylic acids is 1. The standard InChI is InChI=1S/C18H25N3O5S/c22-18(14-7-2-1-3-8-14)19-15-9-6-12-20(13-15)27(25,26)17-11-5-4-10-16(17)21(23)24/h4-5,10-11,14-15H,1-3,6-9,12-13H2,(H,19,22). The van der Waals surface area contributed by atoms with E-state index in [9.17, 15) is 23.3 Å². The number of rotatable bonds is 5. The zero-order valence-corrected chi connectivity index (χ0v) is 16.0. The quantitative estimate of drug-likeness (QED) is 0.608. The lowest BCUT2D eigenvalue weighted by atomic mass is 9.88. The van der Waals surface area contributed by atoms with Crippen molar-refractivity contribution in [3.8, 4) is 0 Å². The molecule has 2 aliphatic rings. The van der Waals surface area contributed by atoms with Gasteiger partial charge in [-0.1, -0.05) is 31.4 Å². The molecule has 9 heteroatoms. The third-order valence-corrected chi connectivity index (χ3v) is 7.30. The molecule has 1 saturated heterocycles. The number of benzene rings is 1. The number of nitrogens with one attached hydrogen (secondary N) is 1. The Hall–Kier alpha value is -2.00. The first kappa shape index (κ1) is 19.8. The minimum absolute atomic E-state index is 0.00430. The van der Waals surface area contributed by atoms with Crippen LogP contribution in [0, 0.1) is 16.0 Å². The van der Waals surface area contributed by atoms with Crippen LogP contribution in [-0.4, -0.2) is 42.7 Å². The second-order valence-corrected chi connectivity index (χ2v) is 9.18. The van der Waals surface area contributed by atoms with Crippen LogP contribution in [-0.2, 0) is 14.8 Å². The molecular formula is C18H25N3O5S. The molecule has 1 aliphatic heterocycles. The molecule has 1 aromatic carbocycles. The molecule has 8 nitrogen and oxygen atoms in total. The number of hydrogen-bond donors (Lipinski definition) is 1. The largest absolute Gasteiger partial charge is 0.352 e. The molecule has 1 aliphatic carbocycles. The molecule has 1 aromatic rings. The van der Waals surface area contributed by atoms with E-state index in [4.69, 9.17) is 0 Å². The van der Waals surface area contributed by atoms with Crippen LogP contribution in [0.2, 0.25) is 0 Å². The van der Waals surface area contributed by atoms with Crippen molar-refractivity contribution < 1.29 is 18.1 Å². The van der Waals surface area contributed by atoms with Gasteiger partial charge in [-0.3, -0.25) is 14.9 Å². The Kier molecular flexibility index (Phi) is 6.11. The molecule has 148 valence electrons. The SMILES string of the molecule is O=C(NC1CCCN(S(=O)(=O)c2ccccc2[N+](=O)[O-])C1)C1CCCCC1. The van der Waals surface area contributed by atoms with Crippen LogP contribution in [0.15, 0.2) is 29.2 Å². The number of nitrogens with zero attached hydrogens (tertiary/aromatic N) is 2. The summed E-state index contributed by atoms with van der Waals surface area (Å²) in [6, 6.07) is 5.12. The first-order valence-electron chi connectivity index (χ1n) is 9.43. The lowest BCUT2D eigenvalue weighted by molar-refractivity contribution is -0.387. The van der Waals surface area contributed by atoms with Gasteiger partial charge in [-0.25, -0.2) is 8.42 Å². The van der Waals surface area contributed by atoms with Crippen LogP contribution in [0.3, 0.4) is 0 Å². The summed E-state index contributed by atoms with van der Waals surface area (Å²) in [7, 11) is -3.99. The monoisotopic (exact) mass is 395 g/mol. The number of amides is 1. The van der Waals surface area contributed by atoms with Gasteiger partial charge in [0.25, 0.3) is 5.69 Å². The van der Waals surface area contributed by atoms with Gasteiger partial charge < -0.3 is 5.32 Å². The zero-order valence-electron chi connectivity index (χ0n) is 15.2. The summed E-state index contributed by atoms with van der Waals surface area (Å²) in [5, 5.41) is 14.2. The maximum Gasteiger partial charge on any atom is 0.289 e. The van der Waals surface area contributed by atoms with Gasteiger partial charge in [0.15, 0.2) is 4.90 Å². The summed E-state index contributed by atoms with van der Waals surface area (Å²) in [6.45, 7) is 0.441. The Labute approximate surface area is 159 Å². The normalized spacial score (nSPS) is 22.3. The number of piperidine rings is 1.